The summed E-state index contributed by atoms with van der Waals surface area (Å²) in [4.78, 5) is 21.5. The van der Waals surface area contributed by atoms with Gasteiger partial charge in [0.25, 0.3) is 0 Å². The summed E-state index contributed by atoms with van der Waals surface area (Å²) in [6.45, 7) is 7.26. The fourth-order valence-corrected chi connectivity index (χ4v) is 3.44. The normalized spacial score (nSPS) is 15.4. The van der Waals surface area contributed by atoms with E-state index in [1.165, 1.54) is 6.08 Å². The topological polar surface area (TPSA) is 61.6 Å². The van der Waals surface area contributed by atoms with E-state index in [2.05, 4.69) is 33.1 Å². The van der Waals surface area contributed by atoms with Crippen molar-refractivity contribution < 1.29 is 9.21 Å². The number of amides is 1. The number of carbonyl (C=O) groups is 1. The third kappa shape index (κ3) is 4.07. The number of benzene rings is 2. The highest BCUT2D eigenvalue weighted by Crippen LogP contribution is 2.26. The Labute approximate surface area is 164 Å². The third-order valence-electron chi connectivity index (χ3n) is 5.01. The Kier molecular flexibility index (Phi) is 5.39. The summed E-state index contributed by atoms with van der Waals surface area (Å²) in [6, 6.07) is 15.5. The average molecular weight is 376 g/mol. The second kappa shape index (κ2) is 8.27. The van der Waals surface area contributed by atoms with Crippen LogP contribution in [0.4, 0.5) is 11.4 Å². The Hall–Kier alpha value is -3.12. The van der Waals surface area contributed by atoms with Gasteiger partial charge in [-0.05, 0) is 30.8 Å². The summed E-state index contributed by atoms with van der Waals surface area (Å²) in [7, 11) is 0. The molecule has 1 saturated heterocycles. The SMILES string of the molecule is CCN1CCN(c2ccccc2NC(=O)/C=C/c2nc3ccccc3o2)CC1. The predicted molar refractivity (Wildman–Crippen MR) is 112 cm³/mol. The van der Waals surface area contributed by atoms with Gasteiger partial charge in [0.2, 0.25) is 11.8 Å². The van der Waals surface area contributed by atoms with Crippen LogP contribution in [0.3, 0.4) is 0 Å². The number of rotatable bonds is 5. The van der Waals surface area contributed by atoms with Crippen LogP contribution in [-0.2, 0) is 4.79 Å². The van der Waals surface area contributed by atoms with Crippen LogP contribution < -0.4 is 10.2 Å². The summed E-state index contributed by atoms with van der Waals surface area (Å²) in [5.74, 6) is 0.210. The number of aromatic nitrogens is 1. The first-order chi connectivity index (χ1) is 13.7. The first-order valence-corrected chi connectivity index (χ1v) is 9.64. The Morgan fingerprint density at radius 2 is 1.86 bits per heavy atom. The van der Waals surface area contributed by atoms with Gasteiger partial charge in [-0.15, -0.1) is 0 Å². The van der Waals surface area contributed by atoms with E-state index in [1.807, 2.05) is 42.5 Å². The number of oxazole rings is 1. The Bertz CT molecular complexity index is 954. The first-order valence-electron chi connectivity index (χ1n) is 9.64. The highest BCUT2D eigenvalue weighted by Gasteiger charge is 2.18. The number of piperazine rings is 1. The number of nitrogens with zero attached hydrogens (tertiary/aromatic N) is 3. The zero-order valence-electron chi connectivity index (χ0n) is 16.0. The van der Waals surface area contributed by atoms with Gasteiger partial charge in [-0.2, -0.15) is 0 Å². The van der Waals surface area contributed by atoms with Crippen molar-refractivity contribution in [3.8, 4) is 0 Å². The van der Waals surface area contributed by atoms with E-state index in [1.54, 1.807) is 6.08 Å². The summed E-state index contributed by atoms with van der Waals surface area (Å²) in [5.41, 5.74) is 3.36. The van der Waals surface area contributed by atoms with Gasteiger partial charge in [0.05, 0.1) is 11.4 Å². The molecule has 6 heteroatoms. The molecule has 1 aromatic heterocycles. The van der Waals surface area contributed by atoms with E-state index in [9.17, 15) is 4.79 Å². The fourth-order valence-electron chi connectivity index (χ4n) is 3.44. The van der Waals surface area contributed by atoms with Crippen molar-refractivity contribution >= 4 is 34.5 Å². The third-order valence-corrected chi connectivity index (χ3v) is 5.01. The number of fused-ring (bicyclic) bond motifs is 1. The van der Waals surface area contributed by atoms with Gasteiger partial charge in [-0.3, -0.25) is 4.79 Å². The smallest absolute Gasteiger partial charge is 0.248 e. The van der Waals surface area contributed by atoms with E-state index in [4.69, 9.17) is 4.42 Å². The molecule has 1 aliphatic rings. The van der Waals surface area contributed by atoms with Crippen LogP contribution in [0.25, 0.3) is 17.2 Å². The lowest BCUT2D eigenvalue weighted by Crippen LogP contribution is -2.46. The van der Waals surface area contributed by atoms with E-state index in [0.29, 0.717) is 11.5 Å². The first kappa shape index (κ1) is 18.3. The summed E-state index contributed by atoms with van der Waals surface area (Å²) in [5, 5.41) is 2.99. The molecule has 0 unspecified atom stereocenters. The minimum absolute atomic E-state index is 0.207. The lowest BCUT2D eigenvalue weighted by molar-refractivity contribution is -0.111. The quantitative estimate of drug-likeness (QED) is 0.689. The molecule has 1 aliphatic heterocycles. The zero-order chi connectivity index (χ0) is 19.3. The number of anilines is 2. The van der Waals surface area contributed by atoms with Gasteiger partial charge in [-0.25, -0.2) is 4.98 Å². The van der Waals surface area contributed by atoms with Gasteiger partial charge < -0.3 is 19.5 Å². The maximum atomic E-state index is 12.4. The van der Waals surface area contributed by atoms with Crippen molar-refractivity contribution in [2.45, 2.75) is 6.92 Å². The minimum atomic E-state index is -0.207. The standard InChI is InChI=1S/C22H24N4O2/c1-2-25-13-15-26(16-14-25)19-9-5-3-7-17(19)23-21(27)11-12-22-24-18-8-4-6-10-20(18)28-22/h3-12H,2,13-16H2,1H3,(H,23,27)/b12-11+. The molecule has 144 valence electrons. The molecular weight excluding hydrogens is 352 g/mol. The van der Waals surface area contributed by atoms with Crippen LogP contribution in [0.2, 0.25) is 0 Å². The molecular formula is C22H24N4O2. The summed E-state index contributed by atoms with van der Waals surface area (Å²) in [6.07, 6.45) is 3.05. The number of hydrogen-bond acceptors (Lipinski definition) is 5. The molecule has 6 nitrogen and oxygen atoms in total. The van der Waals surface area contributed by atoms with Gasteiger partial charge in [0, 0.05) is 38.3 Å². The molecule has 0 saturated carbocycles. The van der Waals surface area contributed by atoms with Crippen molar-refractivity contribution in [2.75, 3.05) is 42.9 Å². The van der Waals surface area contributed by atoms with Gasteiger partial charge in [0.1, 0.15) is 5.52 Å². The summed E-state index contributed by atoms with van der Waals surface area (Å²) < 4.78 is 5.62. The maximum absolute atomic E-state index is 12.4. The number of para-hydroxylation sites is 4. The van der Waals surface area contributed by atoms with Crippen molar-refractivity contribution in [3.63, 3.8) is 0 Å². The molecule has 1 fully saturated rings. The highest BCUT2D eigenvalue weighted by molar-refractivity contribution is 6.03. The molecule has 28 heavy (non-hydrogen) atoms. The van der Waals surface area contributed by atoms with Crippen molar-refractivity contribution in [1.29, 1.82) is 0 Å². The van der Waals surface area contributed by atoms with Crippen molar-refractivity contribution in [3.05, 3.63) is 60.5 Å². The second-order valence-electron chi connectivity index (χ2n) is 6.78. The molecule has 1 N–H and O–H groups in total. The summed E-state index contributed by atoms with van der Waals surface area (Å²) >= 11 is 0. The number of hydrogen-bond donors (Lipinski definition) is 1. The molecule has 2 aromatic carbocycles. The predicted octanol–water partition coefficient (Wildman–Crippen LogP) is 3.62. The average Bonchev–Trinajstić information content (AvgIpc) is 3.16. The monoisotopic (exact) mass is 376 g/mol. The maximum Gasteiger partial charge on any atom is 0.248 e. The van der Waals surface area contributed by atoms with E-state index >= 15 is 0 Å². The fraction of sp³-hybridized carbons (Fsp3) is 0.273. The highest BCUT2D eigenvalue weighted by atomic mass is 16.3. The van der Waals surface area contributed by atoms with Crippen LogP contribution >= 0.6 is 0 Å². The van der Waals surface area contributed by atoms with E-state index < -0.39 is 0 Å². The zero-order valence-corrected chi connectivity index (χ0v) is 16.0. The molecule has 3 aromatic rings. The van der Waals surface area contributed by atoms with Crippen LogP contribution in [0.5, 0.6) is 0 Å². The molecule has 4 rings (SSSR count). The Morgan fingerprint density at radius 3 is 2.64 bits per heavy atom. The molecule has 0 bridgehead atoms. The molecule has 0 radical (unpaired) electrons. The van der Waals surface area contributed by atoms with Crippen LogP contribution in [-0.4, -0.2) is 48.5 Å². The van der Waals surface area contributed by atoms with Crippen LogP contribution in [0, 0.1) is 0 Å². The lowest BCUT2D eigenvalue weighted by atomic mass is 10.2. The van der Waals surface area contributed by atoms with E-state index in [0.717, 1.165) is 49.6 Å². The second-order valence-corrected chi connectivity index (χ2v) is 6.78. The van der Waals surface area contributed by atoms with Crippen molar-refractivity contribution in [1.82, 2.24) is 9.88 Å². The molecule has 2 heterocycles. The number of likely N-dealkylation sites (N-methyl/N-ethyl adjacent to an activating group) is 1. The number of carbonyl (C=O) groups excluding carboxylic acids is 1. The Morgan fingerprint density at radius 1 is 1.11 bits per heavy atom. The molecule has 1 amide bonds. The lowest BCUT2D eigenvalue weighted by Gasteiger charge is -2.36. The van der Waals surface area contributed by atoms with Crippen LogP contribution in [0.1, 0.15) is 12.8 Å². The largest absolute Gasteiger partial charge is 0.437 e. The van der Waals surface area contributed by atoms with Crippen molar-refractivity contribution in [2.24, 2.45) is 0 Å². The van der Waals surface area contributed by atoms with Gasteiger partial charge >= 0.3 is 0 Å². The minimum Gasteiger partial charge on any atom is -0.437 e. The van der Waals surface area contributed by atoms with E-state index in [-0.39, 0.29) is 5.91 Å². The van der Waals surface area contributed by atoms with Gasteiger partial charge in [0.15, 0.2) is 5.58 Å². The van der Waals surface area contributed by atoms with Crippen LogP contribution in [0.15, 0.2) is 59.0 Å². The van der Waals surface area contributed by atoms with Gasteiger partial charge in [-0.1, -0.05) is 31.2 Å². The molecule has 0 spiro atoms. The molecule has 0 aliphatic carbocycles. The Balaban J connectivity index is 1.44. The molecule has 0 atom stereocenters. The number of nitrogens with one attached hydrogen (secondary N) is 1.